The van der Waals surface area contributed by atoms with E-state index in [1.807, 2.05) is 50.5 Å². The summed E-state index contributed by atoms with van der Waals surface area (Å²) < 4.78 is 3.15. The highest BCUT2D eigenvalue weighted by atomic mass is 35.5. The molecule has 8 heteroatoms. The fourth-order valence-electron chi connectivity index (χ4n) is 3.49. The predicted molar refractivity (Wildman–Crippen MR) is 117 cm³/mol. The fourth-order valence-corrected chi connectivity index (χ4v) is 3.89. The molecule has 0 N–H and O–H groups in total. The number of hydrogen-bond donors (Lipinski definition) is 0. The zero-order chi connectivity index (χ0) is 20.5. The van der Waals surface area contributed by atoms with Crippen LogP contribution in [0.2, 0.25) is 10.0 Å². The zero-order valence-corrected chi connectivity index (χ0v) is 17.8. The number of benzene rings is 2. The third-order valence-electron chi connectivity index (χ3n) is 4.84. The van der Waals surface area contributed by atoms with Crippen molar-refractivity contribution in [1.29, 1.82) is 0 Å². The van der Waals surface area contributed by atoms with E-state index in [2.05, 4.69) is 10.00 Å². The van der Waals surface area contributed by atoms with Gasteiger partial charge in [-0.3, -0.25) is 4.99 Å². The van der Waals surface area contributed by atoms with E-state index in [4.69, 9.17) is 28.2 Å². The van der Waals surface area contributed by atoms with Gasteiger partial charge in [0.15, 0.2) is 5.82 Å². The summed E-state index contributed by atoms with van der Waals surface area (Å²) in [6.07, 6.45) is 0.838. The molecule has 6 nitrogen and oxygen atoms in total. The molecule has 1 aliphatic rings. The van der Waals surface area contributed by atoms with Gasteiger partial charge in [0.05, 0.1) is 11.4 Å². The lowest BCUT2D eigenvalue weighted by atomic mass is 10.0. The molecule has 0 bridgehead atoms. The largest absolute Gasteiger partial charge is 0.350 e. The van der Waals surface area contributed by atoms with Crippen molar-refractivity contribution < 1.29 is 0 Å². The minimum Gasteiger partial charge on any atom is -0.309 e. The van der Waals surface area contributed by atoms with Gasteiger partial charge >= 0.3 is 5.69 Å². The van der Waals surface area contributed by atoms with Crippen LogP contribution in [0.5, 0.6) is 0 Å². The average Bonchev–Trinajstić information content (AvgIpc) is 2.89. The van der Waals surface area contributed by atoms with E-state index in [-0.39, 0.29) is 12.2 Å². The third-order valence-corrected chi connectivity index (χ3v) is 5.41. The lowest BCUT2D eigenvalue weighted by Gasteiger charge is -2.12. The summed E-state index contributed by atoms with van der Waals surface area (Å²) in [5, 5.41) is 5.72. The zero-order valence-electron chi connectivity index (χ0n) is 16.3. The number of aromatic nitrogens is 3. The second-order valence-corrected chi connectivity index (χ2v) is 8.06. The number of rotatable bonds is 5. The van der Waals surface area contributed by atoms with Crippen LogP contribution in [0.15, 0.2) is 52.3 Å². The van der Waals surface area contributed by atoms with Crippen molar-refractivity contribution in [2.75, 3.05) is 20.6 Å². The van der Waals surface area contributed by atoms with E-state index < -0.39 is 0 Å². The van der Waals surface area contributed by atoms with E-state index in [9.17, 15) is 4.79 Å². The van der Waals surface area contributed by atoms with E-state index in [0.717, 1.165) is 24.1 Å². The molecule has 0 spiro atoms. The molecule has 3 aromatic rings. The molecule has 2 heterocycles. The monoisotopic (exact) mass is 429 g/mol. The summed E-state index contributed by atoms with van der Waals surface area (Å²) in [5.74, 6) is 0.602. The Bertz CT molecular complexity index is 1150. The summed E-state index contributed by atoms with van der Waals surface area (Å²) in [7, 11) is 4.02. The number of hydrogen-bond acceptors (Lipinski definition) is 4. The first-order valence-corrected chi connectivity index (χ1v) is 10.1. The van der Waals surface area contributed by atoms with Crippen LogP contribution >= 0.6 is 23.2 Å². The van der Waals surface area contributed by atoms with Crippen LogP contribution < -0.4 is 5.69 Å². The molecule has 0 atom stereocenters. The topological polar surface area (TPSA) is 55.4 Å². The van der Waals surface area contributed by atoms with Gasteiger partial charge in [0.25, 0.3) is 0 Å². The van der Waals surface area contributed by atoms with Crippen molar-refractivity contribution in [3.8, 4) is 5.69 Å². The van der Waals surface area contributed by atoms with Gasteiger partial charge in [-0.05, 0) is 51.3 Å². The highest BCUT2D eigenvalue weighted by Crippen LogP contribution is 2.28. The Kier molecular flexibility index (Phi) is 5.58. The second kappa shape index (κ2) is 8.14. The standard InChI is InChI=1S/C21H21Cl2N5O/c1-26(2)10-5-11-27-21(29)28-18-9-8-14(22)12-16(18)20(24-13-19(28)25-27)15-6-3-4-7-17(15)23/h3-4,6-9,12H,5,10-11,13H2,1-2H3. The number of nitrogens with zero attached hydrogens (tertiary/aromatic N) is 5. The van der Waals surface area contributed by atoms with Gasteiger partial charge < -0.3 is 4.90 Å². The fraction of sp³-hybridized carbons (Fsp3) is 0.286. The summed E-state index contributed by atoms with van der Waals surface area (Å²) in [6.45, 7) is 1.72. The van der Waals surface area contributed by atoms with Crippen molar-refractivity contribution in [3.05, 3.63) is 79.9 Å². The van der Waals surface area contributed by atoms with Crippen LogP contribution in [0, 0.1) is 0 Å². The molecule has 0 saturated carbocycles. The predicted octanol–water partition coefficient (Wildman–Crippen LogP) is 3.64. The van der Waals surface area contributed by atoms with Crippen LogP contribution in [0.1, 0.15) is 23.4 Å². The smallest absolute Gasteiger partial charge is 0.309 e. The molecule has 0 aliphatic carbocycles. The van der Waals surface area contributed by atoms with Gasteiger partial charge in [-0.1, -0.05) is 41.4 Å². The molecule has 0 unspecified atom stereocenters. The highest BCUT2D eigenvalue weighted by Gasteiger charge is 2.24. The van der Waals surface area contributed by atoms with E-state index in [0.29, 0.717) is 33.8 Å². The van der Waals surface area contributed by atoms with Gasteiger partial charge in [-0.2, -0.15) is 5.10 Å². The minimum atomic E-state index is -0.169. The number of aryl methyl sites for hydroxylation is 1. The molecule has 0 saturated heterocycles. The average molecular weight is 430 g/mol. The van der Waals surface area contributed by atoms with Crippen molar-refractivity contribution >= 4 is 28.9 Å². The summed E-state index contributed by atoms with van der Waals surface area (Å²) in [6, 6.07) is 13.0. The summed E-state index contributed by atoms with van der Waals surface area (Å²) in [5.41, 5.74) is 2.81. The molecule has 0 radical (unpaired) electrons. The van der Waals surface area contributed by atoms with E-state index in [1.165, 1.54) is 4.68 Å². The minimum absolute atomic E-state index is 0.169. The molecular weight excluding hydrogens is 409 g/mol. The Labute approximate surface area is 179 Å². The number of halogens is 2. The number of fused-ring (bicyclic) bond motifs is 3. The number of aliphatic imine (C=N–C) groups is 1. The lowest BCUT2D eigenvalue weighted by Crippen LogP contribution is -2.26. The van der Waals surface area contributed by atoms with Crippen molar-refractivity contribution in [2.24, 2.45) is 4.99 Å². The molecule has 1 aliphatic heterocycles. The second-order valence-electron chi connectivity index (χ2n) is 7.22. The van der Waals surface area contributed by atoms with Gasteiger partial charge in [-0.15, -0.1) is 0 Å². The van der Waals surface area contributed by atoms with Crippen molar-refractivity contribution in [1.82, 2.24) is 19.2 Å². The van der Waals surface area contributed by atoms with Gasteiger partial charge in [0.1, 0.15) is 6.54 Å². The Balaban J connectivity index is 1.83. The van der Waals surface area contributed by atoms with E-state index in [1.54, 1.807) is 10.6 Å². The van der Waals surface area contributed by atoms with Crippen molar-refractivity contribution in [3.63, 3.8) is 0 Å². The molecule has 29 heavy (non-hydrogen) atoms. The summed E-state index contributed by atoms with van der Waals surface area (Å²) in [4.78, 5) is 20.0. The van der Waals surface area contributed by atoms with Crippen LogP contribution in [-0.4, -0.2) is 45.6 Å². The van der Waals surface area contributed by atoms with Crippen LogP contribution in [0.3, 0.4) is 0 Å². The van der Waals surface area contributed by atoms with Crippen LogP contribution in [-0.2, 0) is 13.1 Å². The molecule has 1 aromatic heterocycles. The SMILES string of the molecule is CN(C)CCCn1nc2n(c1=O)-c1ccc(Cl)cc1C(c1ccccc1Cl)=NC2. The molecule has 150 valence electrons. The maximum atomic E-state index is 13.1. The first-order chi connectivity index (χ1) is 14.0. The first-order valence-electron chi connectivity index (χ1n) is 9.39. The van der Waals surface area contributed by atoms with Crippen LogP contribution in [0.4, 0.5) is 0 Å². The molecule has 2 aromatic carbocycles. The Hall–Kier alpha value is -2.41. The molecule has 4 rings (SSSR count). The quantitative estimate of drug-likeness (QED) is 0.621. The lowest BCUT2D eigenvalue weighted by molar-refractivity contribution is 0.378. The first kappa shape index (κ1) is 19.9. The van der Waals surface area contributed by atoms with Crippen LogP contribution in [0.25, 0.3) is 5.69 Å². The van der Waals surface area contributed by atoms with E-state index >= 15 is 0 Å². The third kappa shape index (κ3) is 3.88. The molecular formula is C21H21Cl2N5O. The maximum absolute atomic E-state index is 13.1. The Morgan fingerprint density at radius 3 is 2.66 bits per heavy atom. The maximum Gasteiger partial charge on any atom is 0.350 e. The van der Waals surface area contributed by atoms with Gasteiger partial charge in [0.2, 0.25) is 0 Å². The van der Waals surface area contributed by atoms with Gasteiger partial charge in [0, 0.05) is 27.7 Å². The molecule has 0 amide bonds. The summed E-state index contributed by atoms with van der Waals surface area (Å²) >= 11 is 12.7. The normalized spacial score (nSPS) is 13.1. The Morgan fingerprint density at radius 1 is 1.10 bits per heavy atom. The molecule has 0 fully saturated rings. The Morgan fingerprint density at radius 2 is 1.90 bits per heavy atom. The van der Waals surface area contributed by atoms with Gasteiger partial charge in [-0.25, -0.2) is 14.0 Å². The van der Waals surface area contributed by atoms with Crippen molar-refractivity contribution in [2.45, 2.75) is 19.5 Å². The highest BCUT2D eigenvalue weighted by molar-refractivity contribution is 6.36.